The molecule has 2 aromatic carbocycles. The van der Waals surface area contributed by atoms with E-state index in [2.05, 4.69) is 10.6 Å². The number of nitrogens with one attached hydrogen (secondary N) is 2. The van der Waals surface area contributed by atoms with Crippen LogP contribution in [-0.2, 0) is 15.8 Å². The summed E-state index contributed by atoms with van der Waals surface area (Å²) in [5.74, 6) is -2.65. The minimum absolute atomic E-state index is 0.0459. The number of benzene rings is 2. The molecule has 27 heavy (non-hydrogen) atoms. The molecule has 1 aliphatic rings. The van der Waals surface area contributed by atoms with Gasteiger partial charge >= 0.3 is 6.18 Å². The number of carbonyl (C=O) groups is 2. The molecule has 8 heteroatoms. The Hall–Kier alpha value is -2.54. The van der Waals surface area contributed by atoms with Crippen molar-refractivity contribution in [3.8, 4) is 0 Å². The second-order valence-electron chi connectivity index (χ2n) is 6.37. The maximum absolute atomic E-state index is 13.0. The van der Waals surface area contributed by atoms with E-state index in [1.165, 1.54) is 19.1 Å². The molecule has 0 unspecified atom stereocenters. The fourth-order valence-electron chi connectivity index (χ4n) is 3.24. The van der Waals surface area contributed by atoms with Crippen molar-refractivity contribution in [1.29, 1.82) is 0 Å². The first-order chi connectivity index (χ1) is 12.7. The van der Waals surface area contributed by atoms with E-state index >= 15 is 0 Å². The zero-order chi connectivity index (χ0) is 19.8. The lowest BCUT2D eigenvalue weighted by molar-refractivity contribution is -0.138. The van der Waals surface area contributed by atoms with Gasteiger partial charge in [-0.25, -0.2) is 0 Å². The molecule has 0 radical (unpaired) electrons. The maximum atomic E-state index is 13.0. The molecule has 2 amide bonds. The van der Waals surface area contributed by atoms with Gasteiger partial charge in [-0.05, 0) is 36.2 Å². The van der Waals surface area contributed by atoms with Gasteiger partial charge in [0.25, 0.3) is 0 Å². The van der Waals surface area contributed by atoms with E-state index in [0.29, 0.717) is 16.3 Å². The molecule has 2 N–H and O–H groups in total. The van der Waals surface area contributed by atoms with Gasteiger partial charge < -0.3 is 10.6 Å². The Morgan fingerprint density at radius 3 is 2.56 bits per heavy atom. The van der Waals surface area contributed by atoms with Crippen molar-refractivity contribution in [3.05, 3.63) is 64.2 Å². The molecule has 0 aliphatic carbocycles. The van der Waals surface area contributed by atoms with Crippen LogP contribution in [-0.4, -0.2) is 18.4 Å². The van der Waals surface area contributed by atoms with E-state index in [4.69, 9.17) is 11.6 Å². The van der Waals surface area contributed by atoms with Crippen molar-refractivity contribution in [3.63, 3.8) is 0 Å². The zero-order valence-electron chi connectivity index (χ0n) is 14.2. The summed E-state index contributed by atoms with van der Waals surface area (Å²) in [7, 11) is 0. The highest BCUT2D eigenvalue weighted by Crippen LogP contribution is 2.36. The first-order valence-corrected chi connectivity index (χ1v) is 8.57. The van der Waals surface area contributed by atoms with Crippen molar-refractivity contribution in [1.82, 2.24) is 5.32 Å². The van der Waals surface area contributed by atoms with E-state index in [0.717, 1.165) is 6.07 Å². The Kier molecular flexibility index (Phi) is 5.15. The Morgan fingerprint density at radius 2 is 1.93 bits per heavy atom. The molecule has 0 bridgehead atoms. The number of rotatable bonds is 3. The number of aryl methyl sites for hydroxylation is 1. The van der Waals surface area contributed by atoms with Crippen molar-refractivity contribution < 1.29 is 22.8 Å². The monoisotopic (exact) mass is 396 g/mol. The van der Waals surface area contributed by atoms with Crippen molar-refractivity contribution in [2.24, 2.45) is 5.92 Å². The quantitative estimate of drug-likeness (QED) is 0.766. The molecule has 1 fully saturated rings. The molecule has 0 spiro atoms. The molecule has 3 rings (SSSR count). The number of alkyl halides is 3. The summed E-state index contributed by atoms with van der Waals surface area (Å²) in [5.41, 5.74) is 0.176. The molecular formula is C19H16ClF3N2O2. The van der Waals surface area contributed by atoms with Gasteiger partial charge in [-0.15, -0.1) is 0 Å². The highest BCUT2D eigenvalue weighted by atomic mass is 35.5. The van der Waals surface area contributed by atoms with Crippen molar-refractivity contribution >= 4 is 29.1 Å². The Labute approximate surface area is 158 Å². The molecule has 1 saturated heterocycles. The van der Waals surface area contributed by atoms with Gasteiger partial charge in [-0.1, -0.05) is 35.9 Å². The van der Waals surface area contributed by atoms with Gasteiger partial charge in [0.2, 0.25) is 11.8 Å². The van der Waals surface area contributed by atoms with Crippen LogP contribution in [0.1, 0.15) is 22.6 Å². The largest absolute Gasteiger partial charge is 0.416 e. The molecule has 1 aliphatic heterocycles. The van der Waals surface area contributed by atoms with Crippen LogP contribution in [0, 0.1) is 12.8 Å². The minimum atomic E-state index is -4.45. The lowest BCUT2D eigenvalue weighted by Gasteiger charge is -2.19. The predicted molar refractivity (Wildman–Crippen MR) is 95.5 cm³/mol. The number of hydrogen-bond acceptors (Lipinski definition) is 2. The molecule has 142 valence electrons. The van der Waals surface area contributed by atoms with Crippen molar-refractivity contribution in [2.75, 3.05) is 11.9 Å². The topological polar surface area (TPSA) is 58.2 Å². The van der Waals surface area contributed by atoms with Crippen LogP contribution in [0.2, 0.25) is 5.02 Å². The third kappa shape index (κ3) is 3.93. The average molecular weight is 397 g/mol. The van der Waals surface area contributed by atoms with Crippen LogP contribution >= 0.6 is 11.6 Å². The number of hydrogen-bond donors (Lipinski definition) is 2. The zero-order valence-corrected chi connectivity index (χ0v) is 15.0. The minimum Gasteiger partial charge on any atom is -0.355 e. The van der Waals surface area contributed by atoms with Crippen molar-refractivity contribution in [2.45, 2.75) is 19.0 Å². The van der Waals surface area contributed by atoms with Crippen LogP contribution in [0.25, 0.3) is 0 Å². The Balaban J connectivity index is 1.87. The summed E-state index contributed by atoms with van der Waals surface area (Å²) in [5, 5.41) is 5.55. The fraction of sp³-hybridized carbons (Fsp3) is 0.263. The molecule has 1 heterocycles. The smallest absolute Gasteiger partial charge is 0.355 e. The first kappa shape index (κ1) is 19.2. The Bertz CT molecular complexity index is 899. The highest BCUT2D eigenvalue weighted by molar-refractivity contribution is 6.33. The normalized spacial score (nSPS) is 19.7. The van der Waals surface area contributed by atoms with Gasteiger partial charge in [0.15, 0.2) is 0 Å². The maximum Gasteiger partial charge on any atom is 0.416 e. The second-order valence-corrected chi connectivity index (χ2v) is 6.78. The standard InChI is InChI=1S/C19H16ClF3N2O2/c1-10-8-11(6-7-13(10)19(21,22)23)12-9-24-17(26)16(12)18(27)25-15-5-3-2-4-14(15)20/h2-8,12,16H,9H2,1H3,(H,24,26)(H,25,27)/t12-,16-/m1/s1. The molecule has 0 aromatic heterocycles. The highest BCUT2D eigenvalue weighted by Gasteiger charge is 2.42. The van der Waals surface area contributed by atoms with Gasteiger partial charge in [0, 0.05) is 12.5 Å². The van der Waals surface area contributed by atoms with Gasteiger partial charge in [-0.3, -0.25) is 9.59 Å². The van der Waals surface area contributed by atoms with E-state index in [-0.39, 0.29) is 12.1 Å². The molecular weight excluding hydrogens is 381 g/mol. The molecule has 4 nitrogen and oxygen atoms in total. The number of amides is 2. The summed E-state index contributed by atoms with van der Waals surface area (Å²) in [6, 6.07) is 10.3. The summed E-state index contributed by atoms with van der Waals surface area (Å²) in [6.07, 6.45) is -4.45. The number of halogens is 4. The number of anilines is 1. The molecule has 0 saturated carbocycles. The van der Waals surface area contributed by atoms with Gasteiger partial charge in [0.05, 0.1) is 16.3 Å². The van der Waals surface area contributed by atoms with Crippen LogP contribution < -0.4 is 10.6 Å². The van der Waals surface area contributed by atoms with Crippen LogP contribution in [0.3, 0.4) is 0 Å². The number of carbonyl (C=O) groups excluding carboxylic acids is 2. The van der Waals surface area contributed by atoms with Gasteiger partial charge in [-0.2, -0.15) is 13.2 Å². The molecule has 2 aromatic rings. The van der Waals surface area contributed by atoms with Crippen LogP contribution in [0.4, 0.5) is 18.9 Å². The summed E-state index contributed by atoms with van der Waals surface area (Å²) in [6.45, 7) is 1.53. The first-order valence-electron chi connectivity index (χ1n) is 8.19. The third-order valence-electron chi connectivity index (χ3n) is 4.58. The Morgan fingerprint density at radius 1 is 1.22 bits per heavy atom. The summed E-state index contributed by atoms with van der Waals surface area (Å²) in [4.78, 5) is 24.9. The van der Waals surface area contributed by atoms with Crippen LogP contribution in [0.5, 0.6) is 0 Å². The van der Waals surface area contributed by atoms with E-state index < -0.39 is 35.4 Å². The molecule has 2 atom stereocenters. The lowest BCUT2D eigenvalue weighted by atomic mass is 9.86. The second kappa shape index (κ2) is 7.23. The van der Waals surface area contributed by atoms with E-state index in [1.54, 1.807) is 24.3 Å². The third-order valence-corrected chi connectivity index (χ3v) is 4.91. The fourth-order valence-corrected chi connectivity index (χ4v) is 3.42. The summed E-state index contributed by atoms with van der Waals surface area (Å²) >= 11 is 6.02. The SMILES string of the molecule is Cc1cc([C@H]2CNC(=O)[C@@H]2C(=O)Nc2ccccc2Cl)ccc1C(F)(F)F. The number of para-hydroxylation sites is 1. The van der Waals surface area contributed by atoms with E-state index in [9.17, 15) is 22.8 Å². The van der Waals surface area contributed by atoms with Crippen LogP contribution in [0.15, 0.2) is 42.5 Å². The lowest BCUT2D eigenvalue weighted by Crippen LogP contribution is -2.32. The predicted octanol–water partition coefficient (Wildman–Crippen LogP) is 4.14. The van der Waals surface area contributed by atoms with E-state index in [1.807, 2.05) is 0 Å². The van der Waals surface area contributed by atoms with Gasteiger partial charge in [0.1, 0.15) is 5.92 Å². The summed E-state index contributed by atoms with van der Waals surface area (Å²) < 4.78 is 38.9. The average Bonchev–Trinajstić information content (AvgIpc) is 2.97.